The fraction of sp³-hybridized carbons (Fsp3) is 0.949. The quantitative estimate of drug-likeness (QED) is 0.0561. The Labute approximate surface area is 338 Å². The SMILES string of the molecule is CCC(CO)OC(CC(C)(C)C)OC.CCC(CO)OC(CO)OC.CCC(CO)OC(COC(C)=O)OC.[2H]C(C)(C)CC(=O)OCC(OC)OC(CC)CO. The lowest BCUT2D eigenvalue weighted by Gasteiger charge is -2.27. The monoisotopic (exact) mass is 824 g/mol. The van der Waals surface area contributed by atoms with Crippen molar-refractivity contribution in [3.05, 3.63) is 0 Å². The topological polar surface area (TPSA) is 228 Å². The summed E-state index contributed by atoms with van der Waals surface area (Å²) in [5, 5.41) is 44.2. The Morgan fingerprint density at radius 3 is 1.12 bits per heavy atom. The summed E-state index contributed by atoms with van der Waals surface area (Å²) in [6.07, 6.45) is 0.569. The molecule has 0 amide bonds. The number of ether oxygens (including phenoxy) is 10. The van der Waals surface area contributed by atoms with Crippen molar-refractivity contribution in [2.75, 3.05) is 74.7 Å². The zero-order chi connectivity index (χ0) is 45.0. The Bertz CT molecular complexity index is 873. The summed E-state index contributed by atoms with van der Waals surface area (Å²) in [6.45, 7) is 18.3. The van der Waals surface area contributed by atoms with E-state index in [0.717, 1.165) is 12.8 Å². The molecule has 0 saturated carbocycles. The molecule has 0 rings (SSSR count). The normalized spacial score (nSPS) is 16.0. The average Bonchev–Trinajstić information content (AvgIpc) is 3.16. The molecule has 0 aromatic carbocycles. The molecular weight excluding hydrogens is 740 g/mol. The van der Waals surface area contributed by atoms with Crippen LogP contribution in [-0.2, 0) is 57.0 Å². The first-order valence-corrected chi connectivity index (χ1v) is 19.2. The highest BCUT2D eigenvalue weighted by Gasteiger charge is 2.22. The van der Waals surface area contributed by atoms with E-state index in [4.69, 9.17) is 74.3 Å². The zero-order valence-corrected chi connectivity index (χ0v) is 36.9. The first kappa shape index (κ1) is 58.7. The molecule has 0 bridgehead atoms. The maximum absolute atomic E-state index is 11.4. The molecule has 56 heavy (non-hydrogen) atoms. The molecule has 0 spiro atoms. The van der Waals surface area contributed by atoms with E-state index in [1.807, 2.05) is 27.7 Å². The lowest BCUT2D eigenvalue weighted by molar-refractivity contribution is -0.195. The van der Waals surface area contributed by atoms with Crippen LogP contribution in [0.4, 0.5) is 0 Å². The smallest absolute Gasteiger partial charge is 0.306 e. The van der Waals surface area contributed by atoms with Crippen molar-refractivity contribution >= 4 is 11.9 Å². The predicted octanol–water partition coefficient (Wildman–Crippen LogP) is 3.57. The van der Waals surface area contributed by atoms with Crippen molar-refractivity contribution in [2.45, 2.75) is 157 Å². The molecule has 0 heterocycles. The number of hydrogen-bond acceptors (Lipinski definition) is 17. The number of carbonyl (C=O) groups excluding carboxylic acids is 2. The summed E-state index contributed by atoms with van der Waals surface area (Å²) in [6, 6.07) is 0. The highest BCUT2D eigenvalue weighted by molar-refractivity contribution is 5.69. The van der Waals surface area contributed by atoms with Gasteiger partial charge in [-0.3, -0.25) is 9.59 Å². The number of aliphatic hydroxyl groups excluding tert-OH is 5. The van der Waals surface area contributed by atoms with Crippen LogP contribution >= 0.6 is 0 Å². The van der Waals surface area contributed by atoms with E-state index in [2.05, 4.69) is 20.8 Å². The summed E-state index contributed by atoms with van der Waals surface area (Å²) in [5.41, 5.74) is 0.175. The third-order valence-corrected chi connectivity index (χ3v) is 7.29. The van der Waals surface area contributed by atoms with Gasteiger partial charge in [0.25, 0.3) is 0 Å². The van der Waals surface area contributed by atoms with Gasteiger partial charge in [-0.25, -0.2) is 0 Å². The molecule has 17 heteroatoms. The average molecular weight is 824 g/mol. The Balaban J connectivity index is -0.000000333. The summed E-state index contributed by atoms with van der Waals surface area (Å²) >= 11 is 0. The second kappa shape index (κ2) is 40.2. The second-order valence-electron chi connectivity index (χ2n) is 13.9. The third kappa shape index (κ3) is 39.3. The molecule has 340 valence electrons. The van der Waals surface area contributed by atoms with Crippen LogP contribution in [0.2, 0.25) is 0 Å². The predicted molar refractivity (Wildman–Crippen MR) is 210 cm³/mol. The van der Waals surface area contributed by atoms with Gasteiger partial charge in [0.05, 0.1) is 57.5 Å². The van der Waals surface area contributed by atoms with Crippen molar-refractivity contribution in [2.24, 2.45) is 11.3 Å². The summed E-state index contributed by atoms with van der Waals surface area (Å²) in [5.74, 6) is -1.69. The molecule has 0 aromatic heterocycles. The van der Waals surface area contributed by atoms with Crippen LogP contribution in [-0.4, -0.2) is 162 Å². The van der Waals surface area contributed by atoms with Crippen molar-refractivity contribution in [3.63, 3.8) is 0 Å². The Kier molecular flexibility index (Phi) is 42.2. The van der Waals surface area contributed by atoms with Gasteiger partial charge in [-0.05, 0) is 37.0 Å². The van der Waals surface area contributed by atoms with Gasteiger partial charge in [-0.15, -0.1) is 0 Å². The maximum atomic E-state index is 11.4. The highest BCUT2D eigenvalue weighted by atomic mass is 16.7. The minimum Gasteiger partial charge on any atom is -0.460 e. The summed E-state index contributed by atoms with van der Waals surface area (Å²) in [4.78, 5) is 21.9. The van der Waals surface area contributed by atoms with Crippen molar-refractivity contribution in [3.8, 4) is 0 Å². The van der Waals surface area contributed by atoms with Crippen LogP contribution in [0.25, 0.3) is 0 Å². The number of rotatable bonds is 28. The van der Waals surface area contributed by atoms with Gasteiger partial charge in [0, 0.05) is 49.6 Å². The van der Waals surface area contributed by atoms with Gasteiger partial charge in [-0.2, -0.15) is 0 Å². The van der Waals surface area contributed by atoms with E-state index in [1.165, 1.54) is 28.3 Å². The Morgan fingerprint density at radius 2 is 0.875 bits per heavy atom. The van der Waals surface area contributed by atoms with E-state index >= 15 is 0 Å². The number of esters is 2. The van der Waals surface area contributed by atoms with Gasteiger partial charge in [-0.1, -0.05) is 62.3 Å². The van der Waals surface area contributed by atoms with Crippen LogP contribution in [0.5, 0.6) is 0 Å². The molecule has 8 atom stereocenters. The van der Waals surface area contributed by atoms with Crippen LogP contribution in [0, 0.1) is 11.3 Å². The van der Waals surface area contributed by atoms with Crippen LogP contribution in [0.3, 0.4) is 0 Å². The van der Waals surface area contributed by atoms with Crippen molar-refractivity contribution < 1.29 is 83.9 Å². The molecular formula is C39H82O17. The standard InChI is InChI=1S/C12H24O5.C11H24O3.C9H18O5.C7H16O4/c1-5-10(7-13)17-12(15-4)8-16-11(14)6-9(2)3;1-6-9(8-12)14-10(13-5)7-11(2,3)4;1-4-8(5-10)14-9(12-3)6-13-7(2)11;1-3-6(4-8)11-7(5-9)10-2/h9-10,12-13H,5-8H2,1-4H3;9-10,12H,6-8H2,1-5H3;8-10H,4-6H2,1-3H3;6-9H,3-5H2,1-2H3/i9D;;;. The second-order valence-corrected chi connectivity index (χ2v) is 13.9. The fourth-order valence-corrected chi connectivity index (χ4v) is 3.80. The Morgan fingerprint density at radius 1 is 0.554 bits per heavy atom. The summed E-state index contributed by atoms with van der Waals surface area (Å²) in [7, 11) is 5.99. The van der Waals surface area contributed by atoms with E-state index in [9.17, 15) is 9.59 Å². The maximum Gasteiger partial charge on any atom is 0.306 e. The van der Waals surface area contributed by atoms with Gasteiger partial charge < -0.3 is 72.9 Å². The van der Waals surface area contributed by atoms with Gasteiger partial charge >= 0.3 is 11.9 Å². The van der Waals surface area contributed by atoms with Crippen molar-refractivity contribution in [1.82, 2.24) is 0 Å². The highest BCUT2D eigenvalue weighted by Crippen LogP contribution is 2.23. The van der Waals surface area contributed by atoms with E-state index in [0.29, 0.717) is 19.3 Å². The molecule has 0 aromatic rings. The van der Waals surface area contributed by atoms with Gasteiger partial charge in [0.15, 0.2) is 25.2 Å². The molecule has 8 unspecified atom stereocenters. The van der Waals surface area contributed by atoms with E-state index < -0.39 is 30.7 Å². The molecule has 5 N–H and O–H groups in total. The molecule has 0 aliphatic heterocycles. The third-order valence-electron chi connectivity index (χ3n) is 7.29. The summed E-state index contributed by atoms with van der Waals surface area (Å²) < 4.78 is 58.6. The largest absolute Gasteiger partial charge is 0.460 e. The van der Waals surface area contributed by atoms with E-state index in [1.54, 1.807) is 21.0 Å². The molecule has 17 nitrogen and oxygen atoms in total. The number of carbonyl (C=O) groups is 2. The molecule has 0 aliphatic rings. The first-order chi connectivity index (χ1) is 26.7. The minimum atomic E-state index is -0.850. The molecule has 0 fully saturated rings. The fourth-order valence-electron chi connectivity index (χ4n) is 3.80. The van der Waals surface area contributed by atoms with Crippen LogP contribution < -0.4 is 0 Å². The molecule has 0 saturated heterocycles. The number of aliphatic hydroxyl groups is 5. The Hall–Kier alpha value is -1.58. The minimum absolute atomic E-state index is 0.0145. The lowest BCUT2D eigenvalue weighted by atomic mass is 9.92. The lowest BCUT2D eigenvalue weighted by Crippen LogP contribution is -2.30. The zero-order valence-electron chi connectivity index (χ0n) is 37.9. The molecule has 0 radical (unpaired) electrons. The molecule has 0 aliphatic carbocycles. The van der Waals surface area contributed by atoms with Gasteiger partial charge in [0.1, 0.15) is 13.2 Å². The number of hydrogen-bond donors (Lipinski definition) is 5. The van der Waals surface area contributed by atoms with Crippen LogP contribution in [0.1, 0.15) is 109 Å². The van der Waals surface area contributed by atoms with Crippen molar-refractivity contribution in [1.29, 1.82) is 0 Å². The van der Waals surface area contributed by atoms with Crippen LogP contribution in [0.15, 0.2) is 0 Å². The van der Waals surface area contributed by atoms with E-state index in [-0.39, 0.29) is 94.8 Å². The number of methoxy groups -OCH3 is 4. The van der Waals surface area contributed by atoms with Gasteiger partial charge in [0.2, 0.25) is 0 Å². The first-order valence-electron chi connectivity index (χ1n) is 19.7.